The number of rotatable bonds is 5. The molecule has 0 bridgehead atoms. The van der Waals surface area contributed by atoms with Gasteiger partial charge in [-0.25, -0.2) is 0 Å². The van der Waals surface area contributed by atoms with Crippen molar-refractivity contribution in [2.45, 2.75) is 52.0 Å². The van der Waals surface area contributed by atoms with Crippen molar-refractivity contribution in [2.24, 2.45) is 5.41 Å². The summed E-state index contributed by atoms with van der Waals surface area (Å²) in [6, 6.07) is 9.16. The lowest BCUT2D eigenvalue weighted by Crippen LogP contribution is -2.32. The van der Waals surface area contributed by atoms with Crippen LogP contribution in [-0.2, 0) is 0 Å². The molecule has 0 amide bonds. The summed E-state index contributed by atoms with van der Waals surface area (Å²) in [4.78, 5) is 0. The molecule has 1 N–H and O–H groups in total. The summed E-state index contributed by atoms with van der Waals surface area (Å²) in [5, 5.41) is 3.77. The Labute approximate surface area is 119 Å². The summed E-state index contributed by atoms with van der Waals surface area (Å²) < 4.78 is 1.17. The standard InChI is InChI=1S/C16H24BrN/c1-3-15(13-7-6-8-14(17)11-13)18-12-16(2)9-4-5-10-16/h6-8,11,15,18H,3-5,9-10,12H2,1-2H3. The molecule has 1 aromatic carbocycles. The summed E-state index contributed by atoms with van der Waals surface area (Å²) in [5.41, 5.74) is 1.92. The van der Waals surface area contributed by atoms with Gasteiger partial charge in [0, 0.05) is 17.1 Å². The molecule has 1 saturated carbocycles. The van der Waals surface area contributed by atoms with Crippen LogP contribution in [0.3, 0.4) is 0 Å². The molecule has 0 aliphatic heterocycles. The molecule has 0 heterocycles. The molecule has 1 unspecified atom stereocenters. The van der Waals surface area contributed by atoms with E-state index >= 15 is 0 Å². The SMILES string of the molecule is CCC(NCC1(C)CCCC1)c1cccc(Br)c1. The van der Waals surface area contributed by atoms with Gasteiger partial charge in [0.1, 0.15) is 0 Å². The molecule has 1 fully saturated rings. The average molecular weight is 310 g/mol. The van der Waals surface area contributed by atoms with Gasteiger partial charge in [-0.1, -0.05) is 54.8 Å². The number of benzene rings is 1. The zero-order valence-corrected chi connectivity index (χ0v) is 13.1. The number of hydrogen-bond acceptors (Lipinski definition) is 1. The molecular formula is C16H24BrN. The fraction of sp³-hybridized carbons (Fsp3) is 0.625. The molecule has 1 aromatic rings. The summed E-state index contributed by atoms with van der Waals surface area (Å²) in [6.45, 7) is 5.84. The Morgan fingerprint density at radius 1 is 1.33 bits per heavy atom. The van der Waals surface area contributed by atoms with Crippen LogP contribution in [0.2, 0.25) is 0 Å². The monoisotopic (exact) mass is 309 g/mol. The second kappa shape index (κ2) is 6.21. The maximum Gasteiger partial charge on any atom is 0.0318 e. The summed E-state index contributed by atoms with van der Waals surface area (Å²) in [5.74, 6) is 0. The van der Waals surface area contributed by atoms with E-state index < -0.39 is 0 Å². The lowest BCUT2D eigenvalue weighted by atomic mass is 9.88. The molecular weight excluding hydrogens is 286 g/mol. The first-order valence-electron chi connectivity index (χ1n) is 7.12. The Bertz CT molecular complexity index is 382. The molecule has 0 radical (unpaired) electrons. The summed E-state index contributed by atoms with van der Waals surface area (Å²) >= 11 is 3.56. The predicted octanol–water partition coefficient (Wildman–Crippen LogP) is 5.07. The average Bonchev–Trinajstić information content (AvgIpc) is 2.77. The number of nitrogens with one attached hydrogen (secondary N) is 1. The normalized spacial score (nSPS) is 19.9. The first-order valence-corrected chi connectivity index (χ1v) is 7.91. The number of halogens is 1. The maximum absolute atomic E-state index is 3.77. The second-order valence-corrected chi connectivity index (χ2v) is 6.83. The molecule has 2 rings (SSSR count). The van der Waals surface area contributed by atoms with Gasteiger partial charge in [0.15, 0.2) is 0 Å². The van der Waals surface area contributed by atoms with Crippen LogP contribution in [0.1, 0.15) is 57.6 Å². The Balaban J connectivity index is 1.97. The highest BCUT2D eigenvalue weighted by atomic mass is 79.9. The Morgan fingerprint density at radius 3 is 2.67 bits per heavy atom. The van der Waals surface area contributed by atoms with Gasteiger partial charge < -0.3 is 5.32 Å². The molecule has 1 atom stereocenters. The molecule has 1 aliphatic rings. The van der Waals surface area contributed by atoms with Crippen molar-refractivity contribution >= 4 is 15.9 Å². The fourth-order valence-electron chi connectivity index (χ4n) is 3.00. The second-order valence-electron chi connectivity index (χ2n) is 5.91. The van der Waals surface area contributed by atoms with Gasteiger partial charge in [-0.05, 0) is 42.4 Å². The third-order valence-electron chi connectivity index (χ3n) is 4.25. The summed E-state index contributed by atoms with van der Waals surface area (Å²) in [7, 11) is 0. The highest BCUT2D eigenvalue weighted by Gasteiger charge is 2.28. The van der Waals surface area contributed by atoms with E-state index in [4.69, 9.17) is 0 Å². The Morgan fingerprint density at radius 2 is 2.06 bits per heavy atom. The number of hydrogen-bond donors (Lipinski definition) is 1. The summed E-state index contributed by atoms with van der Waals surface area (Å²) in [6.07, 6.45) is 6.73. The Kier molecular flexibility index (Phi) is 4.85. The van der Waals surface area contributed by atoms with Crippen molar-refractivity contribution in [3.63, 3.8) is 0 Å². The highest BCUT2D eigenvalue weighted by Crippen LogP contribution is 2.37. The van der Waals surface area contributed by atoms with Crippen LogP contribution < -0.4 is 5.32 Å². The van der Waals surface area contributed by atoms with E-state index in [1.807, 2.05) is 0 Å². The van der Waals surface area contributed by atoms with Crippen LogP contribution in [-0.4, -0.2) is 6.54 Å². The largest absolute Gasteiger partial charge is 0.309 e. The van der Waals surface area contributed by atoms with Crippen molar-refractivity contribution in [3.8, 4) is 0 Å². The van der Waals surface area contributed by atoms with Crippen LogP contribution in [0.4, 0.5) is 0 Å². The van der Waals surface area contributed by atoms with Crippen LogP contribution in [0.25, 0.3) is 0 Å². The third-order valence-corrected chi connectivity index (χ3v) is 4.74. The van der Waals surface area contributed by atoms with Crippen LogP contribution >= 0.6 is 15.9 Å². The molecule has 0 spiro atoms. The van der Waals surface area contributed by atoms with Crippen molar-refractivity contribution in [2.75, 3.05) is 6.54 Å². The zero-order valence-electron chi connectivity index (χ0n) is 11.5. The zero-order chi connectivity index (χ0) is 13.0. The predicted molar refractivity (Wildman–Crippen MR) is 81.8 cm³/mol. The van der Waals surface area contributed by atoms with Crippen LogP contribution in [0, 0.1) is 5.41 Å². The van der Waals surface area contributed by atoms with E-state index in [0.717, 1.165) is 13.0 Å². The minimum Gasteiger partial charge on any atom is -0.309 e. The van der Waals surface area contributed by atoms with Crippen molar-refractivity contribution in [1.82, 2.24) is 5.32 Å². The molecule has 1 nitrogen and oxygen atoms in total. The van der Waals surface area contributed by atoms with E-state index in [9.17, 15) is 0 Å². The van der Waals surface area contributed by atoms with Gasteiger partial charge >= 0.3 is 0 Å². The van der Waals surface area contributed by atoms with Crippen molar-refractivity contribution in [1.29, 1.82) is 0 Å². The smallest absolute Gasteiger partial charge is 0.0318 e. The minimum atomic E-state index is 0.486. The molecule has 18 heavy (non-hydrogen) atoms. The molecule has 0 aromatic heterocycles. The van der Waals surface area contributed by atoms with E-state index in [0.29, 0.717) is 11.5 Å². The van der Waals surface area contributed by atoms with Gasteiger partial charge in [-0.15, -0.1) is 0 Å². The van der Waals surface area contributed by atoms with E-state index in [2.05, 4.69) is 59.4 Å². The van der Waals surface area contributed by atoms with E-state index in [-0.39, 0.29) is 0 Å². The molecule has 100 valence electrons. The molecule has 2 heteroatoms. The lowest BCUT2D eigenvalue weighted by Gasteiger charge is -2.27. The van der Waals surface area contributed by atoms with Crippen molar-refractivity contribution in [3.05, 3.63) is 34.3 Å². The van der Waals surface area contributed by atoms with E-state index in [1.165, 1.54) is 35.7 Å². The maximum atomic E-state index is 3.77. The van der Waals surface area contributed by atoms with Gasteiger partial charge in [-0.2, -0.15) is 0 Å². The first kappa shape index (κ1) is 14.1. The third kappa shape index (κ3) is 3.58. The molecule has 0 saturated heterocycles. The first-order chi connectivity index (χ1) is 8.63. The van der Waals surface area contributed by atoms with Crippen LogP contribution in [0.15, 0.2) is 28.7 Å². The highest BCUT2D eigenvalue weighted by molar-refractivity contribution is 9.10. The van der Waals surface area contributed by atoms with E-state index in [1.54, 1.807) is 0 Å². The van der Waals surface area contributed by atoms with Gasteiger partial charge in [0.05, 0.1) is 0 Å². The van der Waals surface area contributed by atoms with Crippen LogP contribution in [0.5, 0.6) is 0 Å². The Hall–Kier alpha value is -0.340. The quantitative estimate of drug-likeness (QED) is 0.800. The molecule has 1 aliphatic carbocycles. The van der Waals surface area contributed by atoms with Gasteiger partial charge in [0.2, 0.25) is 0 Å². The topological polar surface area (TPSA) is 12.0 Å². The van der Waals surface area contributed by atoms with Gasteiger partial charge in [0.25, 0.3) is 0 Å². The fourth-order valence-corrected chi connectivity index (χ4v) is 3.41. The minimum absolute atomic E-state index is 0.486. The lowest BCUT2D eigenvalue weighted by molar-refractivity contribution is 0.295. The van der Waals surface area contributed by atoms with Crippen molar-refractivity contribution < 1.29 is 0 Å². The van der Waals surface area contributed by atoms with Gasteiger partial charge in [-0.3, -0.25) is 0 Å².